The maximum atomic E-state index is 3.70. The minimum absolute atomic E-state index is 0.433. The van der Waals surface area contributed by atoms with E-state index in [1.807, 2.05) is 0 Å². The minimum Gasteiger partial charge on any atom is -0.316 e. The number of nitrogens with one attached hydrogen (secondary N) is 1. The average molecular weight is 283 g/mol. The van der Waals surface area contributed by atoms with Crippen molar-refractivity contribution in [2.75, 3.05) is 26.2 Å². The highest BCUT2D eigenvalue weighted by molar-refractivity contribution is 4.85. The summed E-state index contributed by atoms with van der Waals surface area (Å²) in [5.41, 5.74) is 0.433. The van der Waals surface area contributed by atoms with Crippen LogP contribution >= 0.6 is 0 Å². The molecular formula is C18H38N2. The Bertz CT molecular complexity index is 246. The second-order valence-electron chi connectivity index (χ2n) is 7.59. The van der Waals surface area contributed by atoms with Crippen LogP contribution in [0.5, 0.6) is 0 Å². The summed E-state index contributed by atoms with van der Waals surface area (Å²) >= 11 is 0. The Hall–Kier alpha value is -0.0800. The van der Waals surface area contributed by atoms with Gasteiger partial charge in [0.2, 0.25) is 0 Å². The molecule has 1 saturated carbocycles. The molecule has 1 N–H and O–H groups in total. The van der Waals surface area contributed by atoms with Gasteiger partial charge in [0.25, 0.3) is 0 Å². The fourth-order valence-electron chi connectivity index (χ4n) is 3.75. The summed E-state index contributed by atoms with van der Waals surface area (Å²) in [5.74, 6) is 0.748. The standard InChI is InChI=1S/C18H38N2/c1-6-12-18(5,14-19-13-16(3)4)15-20(7-2)17-10-8-9-11-17/h16-17,19H,6-15H2,1-5H3. The van der Waals surface area contributed by atoms with E-state index in [1.165, 1.54) is 58.2 Å². The smallest absolute Gasteiger partial charge is 0.00953 e. The lowest BCUT2D eigenvalue weighted by Gasteiger charge is -2.38. The SMILES string of the molecule is CCCC(C)(CNCC(C)C)CN(CC)C1CCCC1. The van der Waals surface area contributed by atoms with E-state index in [1.54, 1.807) is 0 Å². The van der Waals surface area contributed by atoms with Crippen LogP contribution in [-0.2, 0) is 0 Å². The van der Waals surface area contributed by atoms with Crippen LogP contribution in [0.25, 0.3) is 0 Å². The van der Waals surface area contributed by atoms with E-state index in [0.29, 0.717) is 5.41 Å². The van der Waals surface area contributed by atoms with Gasteiger partial charge >= 0.3 is 0 Å². The molecule has 0 aromatic rings. The molecule has 2 heteroatoms. The molecule has 0 aromatic carbocycles. The zero-order chi connectivity index (χ0) is 15.0. The lowest BCUT2D eigenvalue weighted by molar-refractivity contribution is 0.115. The van der Waals surface area contributed by atoms with Gasteiger partial charge in [-0.25, -0.2) is 0 Å². The molecule has 1 aliphatic rings. The van der Waals surface area contributed by atoms with Gasteiger partial charge in [0.05, 0.1) is 0 Å². The summed E-state index contributed by atoms with van der Waals surface area (Å²) in [7, 11) is 0. The molecule has 0 aromatic heterocycles. The van der Waals surface area contributed by atoms with Gasteiger partial charge in [-0.2, -0.15) is 0 Å². The zero-order valence-electron chi connectivity index (χ0n) is 14.7. The zero-order valence-corrected chi connectivity index (χ0v) is 14.7. The first-order chi connectivity index (χ1) is 9.50. The first kappa shape index (κ1) is 18.0. The third-order valence-electron chi connectivity index (χ3n) is 4.79. The van der Waals surface area contributed by atoms with Crippen molar-refractivity contribution in [1.29, 1.82) is 0 Å². The Morgan fingerprint density at radius 3 is 2.35 bits per heavy atom. The van der Waals surface area contributed by atoms with E-state index in [9.17, 15) is 0 Å². The summed E-state index contributed by atoms with van der Waals surface area (Å²) in [6.07, 6.45) is 8.36. The third kappa shape index (κ3) is 6.13. The van der Waals surface area contributed by atoms with Gasteiger partial charge in [0.1, 0.15) is 0 Å². The predicted molar refractivity (Wildman–Crippen MR) is 90.2 cm³/mol. The van der Waals surface area contributed by atoms with Crippen molar-refractivity contribution in [3.63, 3.8) is 0 Å². The normalized spacial score (nSPS) is 19.9. The highest BCUT2D eigenvalue weighted by Crippen LogP contribution is 2.29. The number of rotatable bonds is 10. The summed E-state index contributed by atoms with van der Waals surface area (Å²) in [5, 5.41) is 3.70. The molecule has 1 rings (SSSR count). The Kier molecular flexibility index (Phi) is 8.13. The largest absolute Gasteiger partial charge is 0.316 e. The summed E-state index contributed by atoms with van der Waals surface area (Å²) in [6, 6.07) is 0.862. The predicted octanol–water partition coefficient (Wildman–Crippen LogP) is 4.30. The van der Waals surface area contributed by atoms with Crippen LogP contribution in [0.3, 0.4) is 0 Å². The average Bonchev–Trinajstić information content (AvgIpc) is 2.89. The molecule has 0 bridgehead atoms. The molecular weight excluding hydrogens is 244 g/mol. The van der Waals surface area contributed by atoms with Crippen LogP contribution in [0, 0.1) is 11.3 Å². The lowest BCUT2D eigenvalue weighted by atomic mass is 9.84. The highest BCUT2D eigenvalue weighted by atomic mass is 15.2. The molecule has 20 heavy (non-hydrogen) atoms. The summed E-state index contributed by atoms with van der Waals surface area (Å²) in [4.78, 5) is 2.76. The molecule has 0 saturated heterocycles. The van der Waals surface area contributed by atoms with Crippen LogP contribution in [-0.4, -0.2) is 37.1 Å². The van der Waals surface area contributed by atoms with Crippen molar-refractivity contribution in [3.8, 4) is 0 Å². The first-order valence-corrected chi connectivity index (χ1v) is 8.95. The van der Waals surface area contributed by atoms with Crippen LogP contribution in [0.2, 0.25) is 0 Å². The van der Waals surface area contributed by atoms with Gasteiger partial charge in [0, 0.05) is 19.1 Å². The topological polar surface area (TPSA) is 15.3 Å². The van der Waals surface area contributed by atoms with Crippen molar-refractivity contribution in [2.45, 2.75) is 79.2 Å². The second-order valence-corrected chi connectivity index (χ2v) is 7.59. The molecule has 0 amide bonds. The van der Waals surface area contributed by atoms with E-state index in [-0.39, 0.29) is 0 Å². The van der Waals surface area contributed by atoms with Gasteiger partial charge in [-0.3, -0.25) is 0 Å². The molecule has 120 valence electrons. The summed E-state index contributed by atoms with van der Waals surface area (Å²) in [6.45, 7) is 16.5. The van der Waals surface area contributed by atoms with Crippen molar-refractivity contribution < 1.29 is 0 Å². The first-order valence-electron chi connectivity index (χ1n) is 8.95. The molecule has 0 spiro atoms. The molecule has 0 radical (unpaired) electrons. The van der Waals surface area contributed by atoms with Gasteiger partial charge in [0.15, 0.2) is 0 Å². The molecule has 0 heterocycles. The van der Waals surface area contributed by atoms with Gasteiger partial charge < -0.3 is 10.2 Å². The third-order valence-corrected chi connectivity index (χ3v) is 4.79. The Labute approximate surface area is 127 Å². The molecule has 2 nitrogen and oxygen atoms in total. The molecule has 0 aliphatic heterocycles. The Morgan fingerprint density at radius 1 is 1.20 bits per heavy atom. The minimum atomic E-state index is 0.433. The van der Waals surface area contributed by atoms with Crippen LogP contribution < -0.4 is 5.32 Å². The van der Waals surface area contributed by atoms with Crippen molar-refractivity contribution in [2.24, 2.45) is 11.3 Å². The molecule has 1 unspecified atom stereocenters. The molecule has 1 aliphatic carbocycles. The summed E-state index contributed by atoms with van der Waals surface area (Å²) < 4.78 is 0. The lowest BCUT2D eigenvalue weighted by Crippen LogP contribution is -2.46. The maximum absolute atomic E-state index is 3.70. The van der Waals surface area contributed by atoms with Crippen LogP contribution in [0.15, 0.2) is 0 Å². The quantitative estimate of drug-likeness (QED) is 0.642. The van der Waals surface area contributed by atoms with Gasteiger partial charge in [-0.1, -0.05) is 53.9 Å². The van der Waals surface area contributed by atoms with E-state index >= 15 is 0 Å². The van der Waals surface area contributed by atoms with Crippen LogP contribution in [0.4, 0.5) is 0 Å². The Morgan fingerprint density at radius 2 is 1.85 bits per heavy atom. The Balaban J connectivity index is 2.53. The van der Waals surface area contributed by atoms with Gasteiger partial charge in [-0.05, 0) is 43.7 Å². The van der Waals surface area contributed by atoms with E-state index in [0.717, 1.165) is 18.5 Å². The second kappa shape index (κ2) is 9.04. The maximum Gasteiger partial charge on any atom is 0.00953 e. The van der Waals surface area contributed by atoms with E-state index in [2.05, 4.69) is 44.8 Å². The monoisotopic (exact) mass is 282 g/mol. The number of hydrogen-bond acceptors (Lipinski definition) is 2. The van der Waals surface area contributed by atoms with Gasteiger partial charge in [-0.15, -0.1) is 0 Å². The highest BCUT2D eigenvalue weighted by Gasteiger charge is 2.30. The number of hydrogen-bond donors (Lipinski definition) is 1. The van der Waals surface area contributed by atoms with E-state index < -0.39 is 0 Å². The van der Waals surface area contributed by atoms with Crippen molar-refractivity contribution in [3.05, 3.63) is 0 Å². The van der Waals surface area contributed by atoms with Crippen molar-refractivity contribution >= 4 is 0 Å². The number of nitrogens with zero attached hydrogens (tertiary/aromatic N) is 1. The molecule has 1 atom stereocenters. The fourth-order valence-corrected chi connectivity index (χ4v) is 3.75. The molecule has 1 fully saturated rings. The van der Waals surface area contributed by atoms with Crippen molar-refractivity contribution in [1.82, 2.24) is 10.2 Å². The van der Waals surface area contributed by atoms with Crippen LogP contribution in [0.1, 0.15) is 73.1 Å². The fraction of sp³-hybridized carbons (Fsp3) is 1.00. The van der Waals surface area contributed by atoms with E-state index in [4.69, 9.17) is 0 Å².